The number of amides is 1. The van der Waals surface area contributed by atoms with E-state index in [0.717, 1.165) is 25.1 Å². The second kappa shape index (κ2) is 4.66. The van der Waals surface area contributed by atoms with E-state index in [-0.39, 0.29) is 5.91 Å². The molecule has 1 saturated heterocycles. The quantitative estimate of drug-likeness (QED) is 0.744. The number of rotatable bonds is 2. The lowest BCUT2D eigenvalue weighted by Crippen LogP contribution is -2.34. The molecule has 1 aliphatic rings. The maximum absolute atomic E-state index is 12.1. The van der Waals surface area contributed by atoms with Crippen molar-refractivity contribution in [2.75, 3.05) is 27.2 Å². The van der Waals surface area contributed by atoms with Crippen LogP contribution >= 0.6 is 0 Å². The van der Waals surface area contributed by atoms with Gasteiger partial charge in [0.25, 0.3) is 5.91 Å². The van der Waals surface area contributed by atoms with Gasteiger partial charge in [0.2, 0.25) is 0 Å². The lowest BCUT2D eigenvalue weighted by atomic mass is 10.2. The zero-order valence-corrected chi connectivity index (χ0v) is 9.81. The Hall–Kier alpha value is -1.35. The number of benzene rings is 1. The monoisotopic (exact) mass is 217 g/mol. The number of hydrogen-bond donors (Lipinski definition) is 0. The van der Waals surface area contributed by atoms with E-state index in [2.05, 4.69) is 25.1 Å². The summed E-state index contributed by atoms with van der Waals surface area (Å²) in [5, 5.41) is 0. The van der Waals surface area contributed by atoms with Gasteiger partial charge < -0.3 is 9.80 Å². The van der Waals surface area contributed by atoms with Crippen LogP contribution in [0, 0.1) is 6.07 Å². The second-order valence-corrected chi connectivity index (χ2v) is 4.45. The summed E-state index contributed by atoms with van der Waals surface area (Å²) < 4.78 is 0. The molecule has 3 heteroatoms. The minimum Gasteiger partial charge on any atom is -0.337 e. The van der Waals surface area contributed by atoms with Gasteiger partial charge >= 0.3 is 0 Å². The van der Waals surface area contributed by atoms with Gasteiger partial charge in [0.1, 0.15) is 0 Å². The number of likely N-dealkylation sites (tertiary alicyclic amines) is 1. The number of nitrogens with zero attached hydrogens (tertiary/aromatic N) is 2. The van der Waals surface area contributed by atoms with Crippen LogP contribution in [0.1, 0.15) is 16.8 Å². The molecule has 1 amide bonds. The summed E-state index contributed by atoms with van der Waals surface area (Å²) >= 11 is 0. The lowest BCUT2D eigenvalue weighted by molar-refractivity contribution is 0.0783. The van der Waals surface area contributed by atoms with E-state index in [1.807, 2.05) is 17.0 Å². The smallest absolute Gasteiger partial charge is 0.253 e. The highest BCUT2D eigenvalue weighted by Gasteiger charge is 2.27. The number of hydrogen-bond acceptors (Lipinski definition) is 2. The zero-order valence-electron chi connectivity index (χ0n) is 9.81. The molecule has 0 saturated carbocycles. The van der Waals surface area contributed by atoms with Crippen LogP contribution in [0.5, 0.6) is 0 Å². The van der Waals surface area contributed by atoms with E-state index in [1.165, 1.54) is 0 Å². The lowest BCUT2D eigenvalue weighted by Gasteiger charge is -2.20. The summed E-state index contributed by atoms with van der Waals surface area (Å²) in [5.41, 5.74) is 0.762. The van der Waals surface area contributed by atoms with Crippen molar-refractivity contribution in [2.24, 2.45) is 0 Å². The maximum atomic E-state index is 12.1. The van der Waals surface area contributed by atoms with E-state index in [9.17, 15) is 4.79 Å². The summed E-state index contributed by atoms with van der Waals surface area (Å²) in [6, 6.07) is 10.6. The first-order valence-electron chi connectivity index (χ1n) is 5.60. The molecule has 0 spiro atoms. The molecule has 1 aromatic rings. The van der Waals surface area contributed by atoms with Crippen LogP contribution < -0.4 is 0 Å². The molecule has 0 N–H and O–H groups in total. The topological polar surface area (TPSA) is 23.6 Å². The summed E-state index contributed by atoms with van der Waals surface area (Å²) in [6.07, 6.45) is 1.07. The fraction of sp³-hybridized carbons (Fsp3) is 0.462. The minimum atomic E-state index is 0.137. The highest BCUT2D eigenvalue weighted by molar-refractivity contribution is 5.94. The minimum absolute atomic E-state index is 0.137. The molecule has 0 aliphatic carbocycles. The van der Waals surface area contributed by atoms with E-state index in [1.54, 1.807) is 12.1 Å². The van der Waals surface area contributed by atoms with Crippen LogP contribution in [0.3, 0.4) is 0 Å². The molecule has 1 atom stereocenters. The molecule has 0 bridgehead atoms. The molecule has 1 fully saturated rings. The molecule has 1 aromatic carbocycles. The van der Waals surface area contributed by atoms with Crippen LogP contribution in [0.4, 0.5) is 0 Å². The molecular formula is C13H17N2O. The van der Waals surface area contributed by atoms with Crippen LogP contribution in [0.25, 0.3) is 0 Å². The fourth-order valence-corrected chi connectivity index (χ4v) is 2.06. The van der Waals surface area contributed by atoms with Crippen LogP contribution in [0.2, 0.25) is 0 Å². The molecule has 16 heavy (non-hydrogen) atoms. The van der Waals surface area contributed by atoms with Crippen LogP contribution in [0.15, 0.2) is 24.3 Å². The zero-order chi connectivity index (χ0) is 11.5. The van der Waals surface area contributed by atoms with E-state index in [0.29, 0.717) is 6.04 Å². The number of carbonyl (C=O) groups is 1. The Morgan fingerprint density at radius 1 is 1.44 bits per heavy atom. The van der Waals surface area contributed by atoms with Gasteiger partial charge in [-0.3, -0.25) is 4.79 Å². The third-order valence-electron chi connectivity index (χ3n) is 3.15. The molecule has 0 aromatic heterocycles. The highest BCUT2D eigenvalue weighted by atomic mass is 16.2. The Bertz CT molecular complexity index is 361. The van der Waals surface area contributed by atoms with Gasteiger partial charge in [-0.15, -0.1) is 0 Å². The van der Waals surface area contributed by atoms with Gasteiger partial charge in [0, 0.05) is 24.7 Å². The summed E-state index contributed by atoms with van der Waals surface area (Å²) in [7, 11) is 4.13. The Kier molecular flexibility index (Phi) is 3.25. The summed E-state index contributed by atoms with van der Waals surface area (Å²) in [5.74, 6) is 0.137. The first-order valence-corrected chi connectivity index (χ1v) is 5.60. The Labute approximate surface area is 96.7 Å². The first kappa shape index (κ1) is 11.1. The van der Waals surface area contributed by atoms with Crippen LogP contribution in [-0.4, -0.2) is 48.9 Å². The normalized spacial score (nSPS) is 20.4. The van der Waals surface area contributed by atoms with E-state index < -0.39 is 0 Å². The van der Waals surface area contributed by atoms with Crippen molar-refractivity contribution in [2.45, 2.75) is 12.5 Å². The van der Waals surface area contributed by atoms with Gasteiger partial charge in [-0.1, -0.05) is 12.1 Å². The maximum Gasteiger partial charge on any atom is 0.253 e. The Morgan fingerprint density at radius 3 is 2.69 bits per heavy atom. The van der Waals surface area contributed by atoms with Gasteiger partial charge in [-0.2, -0.15) is 0 Å². The largest absolute Gasteiger partial charge is 0.337 e. The SMILES string of the molecule is CN(C)C1CCN(C(=O)c2cc[c]cc2)C1. The average molecular weight is 217 g/mol. The predicted molar refractivity (Wildman–Crippen MR) is 63.3 cm³/mol. The summed E-state index contributed by atoms with van der Waals surface area (Å²) in [4.78, 5) is 16.2. The molecule has 3 nitrogen and oxygen atoms in total. The van der Waals surface area contributed by atoms with Crippen molar-refractivity contribution in [3.8, 4) is 0 Å². The Morgan fingerprint density at radius 2 is 2.12 bits per heavy atom. The molecule has 85 valence electrons. The fourth-order valence-electron chi connectivity index (χ4n) is 2.06. The molecule has 1 heterocycles. The third kappa shape index (κ3) is 2.25. The average Bonchev–Trinajstić information content (AvgIpc) is 2.78. The second-order valence-electron chi connectivity index (χ2n) is 4.45. The van der Waals surface area contributed by atoms with Crippen molar-refractivity contribution in [1.82, 2.24) is 9.80 Å². The van der Waals surface area contributed by atoms with Gasteiger partial charge in [-0.25, -0.2) is 0 Å². The molecular weight excluding hydrogens is 200 g/mol. The van der Waals surface area contributed by atoms with Crippen molar-refractivity contribution >= 4 is 5.91 Å². The van der Waals surface area contributed by atoms with Gasteiger partial charge in [0.15, 0.2) is 0 Å². The number of likely N-dealkylation sites (N-methyl/N-ethyl adjacent to an activating group) is 1. The van der Waals surface area contributed by atoms with E-state index in [4.69, 9.17) is 0 Å². The molecule has 1 aliphatic heterocycles. The van der Waals surface area contributed by atoms with Crippen molar-refractivity contribution < 1.29 is 4.79 Å². The predicted octanol–water partition coefficient (Wildman–Crippen LogP) is 1.26. The standard InChI is InChI=1S/C13H17N2O/c1-14(2)12-8-9-15(10-12)13(16)11-6-4-3-5-7-11/h4-7,12H,8-10H2,1-2H3. The Balaban J connectivity index is 2.03. The van der Waals surface area contributed by atoms with Crippen molar-refractivity contribution in [3.05, 3.63) is 35.9 Å². The van der Waals surface area contributed by atoms with Gasteiger partial charge in [-0.05, 0) is 38.7 Å². The van der Waals surface area contributed by atoms with Crippen LogP contribution in [-0.2, 0) is 0 Å². The molecule has 1 unspecified atom stereocenters. The van der Waals surface area contributed by atoms with Crippen molar-refractivity contribution in [3.63, 3.8) is 0 Å². The third-order valence-corrected chi connectivity index (χ3v) is 3.15. The molecule has 2 rings (SSSR count). The highest BCUT2D eigenvalue weighted by Crippen LogP contribution is 2.16. The van der Waals surface area contributed by atoms with Gasteiger partial charge in [0.05, 0.1) is 0 Å². The summed E-state index contributed by atoms with van der Waals surface area (Å²) in [6.45, 7) is 1.70. The van der Waals surface area contributed by atoms with Crippen molar-refractivity contribution in [1.29, 1.82) is 0 Å². The van der Waals surface area contributed by atoms with E-state index >= 15 is 0 Å². The first-order chi connectivity index (χ1) is 7.68. The molecule has 1 radical (unpaired) electrons. The number of carbonyl (C=O) groups excluding carboxylic acids is 1.